The molecule has 0 aromatic heterocycles. The van der Waals surface area contributed by atoms with Gasteiger partial charge >= 0.3 is 14.8 Å². The fourth-order valence-corrected chi connectivity index (χ4v) is 18.1. The standard InChI is InChI=1S/C22H42O5Si4/c1-19(2)21(23)24-22(3,20-16-14-13-15-17-20)18-31(25-28(4,5)6,26-29(7,8)9)27-30(10,11)12/h13-17H,1,18H2,2-12H3. The van der Waals surface area contributed by atoms with Gasteiger partial charge in [0, 0.05) is 5.57 Å². The molecule has 0 saturated heterocycles. The minimum absolute atomic E-state index is 0.359. The first-order valence-electron chi connectivity index (χ1n) is 10.8. The maximum atomic E-state index is 12.7. The van der Waals surface area contributed by atoms with E-state index >= 15 is 0 Å². The predicted octanol–water partition coefficient (Wildman–Crippen LogP) is 6.51. The van der Waals surface area contributed by atoms with Gasteiger partial charge in [0.2, 0.25) is 0 Å². The van der Waals surface area contributed by atoms with Gasteiger partial charge in [-0.25, -0.2) is 4.79 Å². The van der Waals surface area contributed by atoms with Crippen LogP contribution in [0.15, 0.2) is 42.5 Å². The molecule has 9 heteroatoms. The van der Waals surface area contributed by atoms with Crippen molar-refractivity contribution in [2.24, 2.45) is 0 Å². The second-order valence-electron chi connectivity index (χ2n) is 11.3. The third-order valence-corrected chi connectivity index (χ3v) is 16.2. The normalized spacial score (nSPS) is 15.3. The van der Waals surface area contributed by atoms with E-state index in [0.29, 0.717) is 11.6 Å². The molecule has 1 unspecified atom stereocenters. The fourth-order valence-electron chi connectivity index (χ4n) is 3.26. The van der Waals surface area contributed by atoms with Crippen molar-refractivity contribution in [2.75, 3.05) is 0 Å². The van der Waals surface area contributed by atoms with E-state index in [2.05, 4.69) is 65.5 Å². The molecule has 31 heavy (non-hydrogen) atoms. The molecule has 0 aliphatic carbocycles. The Morgan fingerprint density at radius 3 is 1.55 bits per heavy atom. The van der Waals surface area contributed by atoms with Crippen molar-refractivity contribution in [2.45, 2.75) is 84.4 Å². The van der Waals surface area contributed by atoms with Gasteiger partial charge in [-0.3, -0.25) is 0 Å². The van der Waals surface area contributed by atoms with E-state index in [4.69, 9.17) is 17.1 Å². The summed E-state index contributed by atoms with van der Waals surface area (Å²) >= 11 is 0. The van der Waals surface area contributed by atoms with Crippen LogP contribution in [-0.2, 0) is 27.5 Å². The summed E-state index contributed by atoms with van der Waals surface area (Å²) in [7, 11) is -9.41. The number of benzene rings is 1. The quantitative estimate of drug-likeness (QED) is 0.198. The second-order valence-corrected chi connectivity index (χ2v) is 28.1. The zero-order valence-corrected chi connectivity index (χ0v) is 25.3. The Labute approximate surface area is 193 Å². The molecule has 0 saturated carbocycles. The van der Waals surface area contributed by atoms with Crippen LogP contribution in [0.3, 0.4) is 0 Å². The predicted molar refractivity (Wildman–Crippen MR) is 139 cm³/mol. The highest BCUT2D eigenvalue weighted by Gasteiger charge is 2.55. The highest BCUT2D eigenvalue weighted by atomic mass is 28.5. The van der Waals surface area contributed by atoms with Crippen LogP contribution < -0.4 is 0 Å². The van der Waals surface area contributed by atoms with Crippen LogP contribution in [0.4, 0.5) is 0 Å². The number of ether oxygens (including phenoxy) is 1. The summed E-state index contributed by atoms with van der Waals surface area (Å²) in [6.45, 7) is 26.7. The summed E-state index contributed by atoms with van der Waals surface area (Å²) in [5.74, 6) is -0.428. The molecule has 0 aliphatic heterocycles. The van der Waals surface area contributed by atoms with Gasteiger partial charge in [-0.1, -0.05) is 36.9 Å². The second kappa shape index (κ2) is 9.98. The molecule has 5 nitrogen and oxygen atoms in total. The van der Waals surface area contributed by atoms with Gasteiger partial charge in [-0.05, 0) is 78.3 Å². The van der Waals surface area contributed by atoms with Gasteiger partial charge in [0.05, 0.1) is 6.04 Å². The molecule has 1 atom stereocenters. The summed E-state index contributed by atoms with van der Waals surface area (Å²) in [4.78, 5) is 12.7. The Morgan fingerprint density at radius 2 is 1.23 bits per heavy atom. The van der Waals surface area contributed by atoms with E-state index in [-0.39, 0.29) is 0 Å². The molecule has 0 heterocycles. The Balaban J connectivity index is 3.66. The Hall–Kier alpha value is -0.822. The van der Waals surface area contributed by atoms with Crippen LogP contribution >= 0.6 is 0 Å². The molecule has 0 amide bonds. The first-order chi connectivity index (χ1) is 13.8. The molecule has 176 valence electrons. The summed E-state index contributed by atoms with van der Waals surface area (Å²) in [6, 6.07) is 10.2. The van der Waals surface area contributed by atoms with E-state index < -0.39 is 45.3 Å². The van der Waals surface area contributed by atoms with E-state index in [1.165, 1.54) is 0 Å². The zero-order valence-electron chi connectivity index (χ0n) is 21.3. The molecule has 1 aromatic rings. The lowest BCUT2D eigenvalue weighted by molar-refractivity contribution is -0.153. The maximum absolute atomic E-state index is 12.7. The fraction of sp³-hybridized carbons (Fsp3) is 0.591. The summed E-state index contributed by atoms with van der Waals surface area (Å²) in [5.41, 5.74) is 0.277. The van der Waals surface area contributed by atoms with Gasteiger partial charge < -0.3 is 17.1 Å². The monoisotopic (exact) mass is 498 g/mol. The first-order valence-corrected chi connectivity index (χ1v) is 23.0. The Morgan fingerprint density at radius 1 is 0.839 bits per heavy atom. The van der Waals surface area contributed by atoms with Crippen molar-refractivity contribution in [3.63, 3.8) is 0 Å². The van der Waals surface area contributed by atoms with E-state index in [1.54, 1.807) is 6.92 Å². The van der Waals surface area contributed by atoms with Gasteiger partial charge in [-0.15, -0.1) is 0 Å². The highest BCUT2D eigenvalue weighted by molar-refractivity contribution is 6.90. The zero-order chi connectivity index (χ0) is 24.3. The smallest absolute Gasteiger partial charge is 0.451 e. The van der Waals surface area contributed by atoms with Crippen LogP contribution in [0.5, 0.6) is 0 Å². The highest BCUT2D eigenvalue weighted by Crippen LogP contribution is 2.40. The van der Waals surface area contributed by atoms with Crippen LogP contribution in [0.1, 0.15) is 19.4 Å². The van der Waals surface area contributed by atoms with Gasteiger partial charge in [0.25, 0.3) is 0 Å². The molecule has 1 rings (SSSR count). The molecule has 0 bridgehead atoms. The van der Waals surface area contributed by atoms with Crippen molar-refractivity contribution < 1.29 is 21.9 Å². The lowest BCUT2D eigenvalue weighted by Crippen LogP contribution is -2.62. The summed E-state index contributed by atoms with van der Waals surface area (Å²) in [5, 5.41) is 0. The minimum atomic E-state index is -3.24. The third kappa shape index (κ3) is 10.1. The van der Waals surface area contributed by atoms with Crippen molar-refractivity contribution in [1.29, 1.82) is 0 Å². The molecule has 0 aliphatic rings. The number of hydrogen-bond donors (Lipinski definition) is 0. The lowest BCUT2D eigenvalue weighted by Gasteiger charge is -2.46. The average Bonchev–Trinajstić information content (AvgIpc) is 2.49. The first kappa shape index (κ1) is 28.2. The topological polar surface area (TPSA) is 54.0 Å². The largest absolute Gasteiger partial charge is 0.474 e. The van der Waals surface area contributed by atoms with Crippen LogP contribution in [0.2, 0.25) is 65.0 Å². The number of hydrogen-bond acceptors (Lipinski definition) is 5. The van der Waals surface area contributed by atoms with Crippen molar-refractivity contribution in [3.8, 4) is 0 Å². The Kier molecular flexibility index (Phi) is 9.08. The molecule has 0 N–H and O–H groups in total. The number of carbonyl (C=O) groups excluding carboxylic acids is 1. The third-order valence-electron chi connectivity index (χ3n) is 3.99. The number of esters is 1. The SMILES string of the molecule is C=C(C)C(=O)OC(C)(C[Si](O[Si](C)(C)C)(O[Si](C)(C)C)O[Si](C)(C)C)c1ccccc1. The summed E-state index contributed by atoms with van der Waals surface area (Å²) < 4.78 is 26.6. The Bertz CT molecular complexity index is 722. The minimum Gasteiger partial charge on any atom is -0.451 e. The van der Waals surface area contributed by atoms with E-state index in [9.17, 15) is 4.79 Å². The van der Waals surface area contributed by atoms with Gasteiger partial charge in [0.1, 0.15) is 5.60 Å². The van der Waals surface area contributed by atoms with Crippen LogP contribution in [-0.4, -0.2) is 39.7 Å². The van der Waals surface area contributed by atoms with E-state index in [1.807, 2.05) is 37.3 Å². The lowest BCUT2D eigenvalue weighted by atomic mass is 9.98. The van der Waals surface area contributed by atoms with Crippen molar-refractivity contribution in [3.05, 3.63) is 48.0 Å². The molecular formula is C22H42O5Si4. The molecular weight excluding hydrogens is 457 g/mol. The summed E-state index contributed by atoms with van der Waals surface area (Å²) in [6.07, 6.45) is 0. The van der Waals surface area contributed by atoms with Gasteiger partial charge in [0.15, 0.2) is 25.0 Å². The van der Waals surface area contributed by atoms with E-state index in [0.717, 1.165) is 5.56 Å². The number of rotatable bonds is 11. The van der Waals surface area contributed by atoms with Gasteiger partial charge in [-0.2, -0.15) is 0 Å². The van der Waals surface area contributed by atoms with Crippen LogP contribution in [0, 0.1) is 0 Å². The molecule has 0 radical (unpaired) electrons. The van der Waals surface area contributed by atoms with Crippen molar-refractivity contribution >= 4 is 39.7 Å². The maximum Gasteiger partial charge on any atom is 0.474 e. The van der Waals surface area contributed by atoms with Crippen LogP contribution in [0.25, 0.3) is 0 Å². The molecule has 1 aromatic carbocycles. The van der Waals surface area contributed by atoms with Crippen molar-refractivity contribution in [1.82, 2.24) is 0 Å². The average molecular weight is 499 g/mol. The molecule has 0 spiro atoms. The molecule has 0 fully saturated rings. The number of carbonyl (C=O) groups is 1.